The normalized spacial score (nSPS) is 24.7. The third kappa shape index (κ3) is 4.76. The molecule has 2 N–H and O–H groups in total. The zero-order valence-corrected chi connectivity index (χ0v) is 29.7. The van der Waals surface area contributed by atoms with E-state index in [2.05, 4.69) is 80.2 Å². The van der Waals surface area contributed by atoms with Gasteiger partial charge in [0.2, 0.25) is 5.91 Å². The highest BCUT2D eigenvalue weighted by molar-refractivity contribution is 9.10. The second kappa shape index (κ2) is 11.2. The van der Waals surface area contributed by atoms with Crippen LogP contribution >= 0.6 is 15.9 Å². The summed E-state index contributed by atoms with van der Waals surface area (Å²) >= 11 is 3.64. The molecule has 3 atom stereocenters. The number of hydrogen-bond acceptors (Lipinski definition) is 5. The topological polar surface area (TPSA) is 79.9 Å². The fourth-order valence-corrected chi connectivity index (χ4v) is 14.6. The van der Waals surface area contributed by atoms with E-state index in [1.807, 2.05) is 51.1 Å². The molecule has 3 aliphatic rings. The molecule has 7 nitrogen and oxygen atoms in total. The highest BCUT2D eigenvalue weighted by Crippen LogP contribution is 2.64. The molecule has 234 valence electrons. The maximum Gasteiger partial charge on any atom is 0.416 e. The summed E-state index contributed by atoms with van der Waals surface area (Å²) in [5.74, 6) is 0.00324. The molecule has 9 heteroatoms. The molecule has 2 aromatic carbocycles. The van der Waals surface area contributed by atoms with Gasteiger partial charge in [-0.3, -0.25) is 9.69 Å². The minimum Gasteiger partial charge on any atom is -0.443 e. The number of carbonyl (C=O) groups is 2. The molecule has 0 aromatic heterocycles. The van der Waals surface area contributed by atoms with Gasteiger partial charge in [-0.2, -0.15) is 0 Å². The molecule has 0 aliphatic carbocycles. The molecule has 1 saturated heterocycles. The van der Waals surface area contributed by atoms with Crippen molar-refractivity contribution in [2.45, 2.75) is 114 Å². The smallest absolute Gasteiger partial charge is 0.416 e. The molecule has 0 saturated carbocycles. The number of ether oxygens (including phenoxy) is 1. The number of fused-ring (bicyclic) bond motifs is 6. The van der Waals surface area contributed by atoms with Gasteiger partial charge in [0.25, 0.3) is 0 Å². The number of hydrogen-bond donors (Lipinski definition) is 2. The van der Waals surface area contributed by atoms with E-state index in [1.54, 1.807) is 4.90 Å². The standard InChI is InChI=1S/C34H48BrN3O4Si/c1-21(2)43(22(3)4,23(5)6)41-19-17-33-25-12-10-11-13-27(25)37-29(33)38(31(40)42-32(7,8)9)28-20-24(35)14-15-26(28)34(33)16-18-36-30(34)39/h10-15,20-23,29,37H,16-19H2,1-9H3,(H,36,39)/t29-,33-,34+/m1/s1. The van der Waals surface area contributed by atoms with Gasteiger partial charge < -0.3 is 19.8 Å². The number of anilines is 2. The number of amides is 2. The van der Waals surface area contributed by atoms with Gasteiger partial charge in [-0.1, -0.05) is 81.7 Å². The van der Waals surface area contributed by atoms with E-state index in [-0.39, 0.29) is 5.91 Å². The van der Waals surface area contributed by atoms with Crippen molar-refractivity contribution >= 4 is 47.6 Å². The molecule has 2 amide bonds. The number of carbonyl (C=O) groups excluding carboxylic acids is 2. The first-order valence-electron chi connectivity index (χ1n) is 15.7. The van der Waals surface area contributed by atoms with E-state index in [4.69, 9.17) is 9.16 Å². The van der Waals surface area contributed by atoms with Gasteiger partial charge in [0.05, 0.1) is 16.5 Å². The summed E-state index contributed by atoms with van der Waals surface area (Å²) < 4.78 is 14.1. The lowest BCUT2D eigenvalue weighted by Gasteiger charge is -2.56. The van der Waals surface area contributed by atoms with Crippen LogP contribution in [0, 0.1) is 0 Å². The number of para-hydroxylation sites is 1. The third-order valence-corrected chi connectivity index (χ3v) is 16.8. The van der Waals surface area contributed by atoms with Gasteiger partial charge in [0.1, 0.15) is 11.8 Å². The van der Waals surface area contributed by atoms with Gasteiger partial charge in [0.15, 0.2) is 8.32 Å². The Kier molecular flexibility index (Phi) is 8.36. The molecule has 3 heterocycles. The lowest BCUT2D eigenvalue weighted by Crippen LogP contribution is -2.69. The van der Waals surface area contributed by atoms with E-state index in [0.717, 1.165) is 21.3 Å². The van der Waals surface area contributed by atoms with Crippen molar-refractivity contribution in [1.29, 1.82) is 0 Å². The monoisotopic (exact) mass is 669 g/mol. The van der Waals surface area contributed by atoms with Gasteiger partial charge in [-0.15, -0.1) is 0 Å². The van der Waals surface area contributed by atoms with Crippen molar-refractivity contribution in [1.82, 2.24) is 5.32 Å². The van der Waals surface area contributed by atoms with Crippen molar-refractivity contribution < 1.29 is 18.8 Å². The van der Waals surface area contributed by atoms with Crippen LogP contribution in [-0.2, 0) is 24.8 Å². The van der Waals surface area contributed by atoms with E-state index in [9.17, 15) is 9.59 Å². The van der Waals surface area contributed by atoms with E-state index >= 15 is 0 Å². The average molecular weight is 671 g/mol. The maximum atomic E-state index is 14.4. The van der Waals surface area contributed by atoms with E-state index in [0.29, 0.717) is 48.3 Å². The molecule has 1 fully saturated rings. The van der Waals surface area contributed by atoms with Crippen molar-refractivity contribution in [2.75, 3.05) is 23.4 Å². The number of nitrogens with zero attached hydrogens (tertiary/aromatic N) is 1. The van der Waals surface area contributed by atoms with Crippen LogP contribution in [0.1, 0.15) is 86.3 Å². The highest BCUT2D eigenvalue weighted by Gasteiger charge is 2.71. The lowest BCUT2D eigenvalue weighted by atomic mass is 9.52. The average Bonchev–Trinajstić information content (AvgIpc) is 3.44. The molecule has 0 unspecified atom stereocenters. The largest absolute Gasteiger partial charge is 0.443 e. The van der Waals surface area contributed by atoms with Gasteiger partial charge in [-0.05, 0) is 79.6 Å². The Morgan fingerprint density at radius 1 is 1.05 bits per heavy atom. The van der Waals surface area contributed by atoms with E-state index < -0.39 is 37.0 Å². The van der Waals surface area contributed by atoms with Crippen molar-refractivity contribution in [3.63, 3.8) is 0 Å². The predicted octanol–water partition coefficient (Wildman–Crippen LogP) is 8.23. The Bertz CT molecular complexity index is 1380. The van der Waals surface area contributed by atoms with Crippen molar-refractivity contribution in [2.24, 2.45) is 0 Å². The number of nitrogens with one attached hydrogen (secondary N) is 2. The molecule has 3 aliphatic heterocycles. The quantitative estimate of drug-likeness (QED) is 0.290. The first-order chi connectivity index (χ1) is 20.1. The SMILES string of the molecule is CC(C)[Si](OCC[C@@]12c3ccccc3N[C@@H]1N(C(=O)OC(C)(C)C)c1cc(Br)ccc1[C@]21CCNC1=O)(C(C)C)C(C)C. The molecule has 0 radical (unpaired) electrons. The molecule has 1 spiro atoms. The van der Waals surface area contributed by atoms with Crippen molar-refractivity contribution in [3.8, 4) is 0 Å². The van der Waals surface area contributed by atoms with E-state index in [1.165, 1.54) is 0 Å². The Labute approximate surface area is 266 Å². The summed E-state index contributed by atoms with van der Waals surface area (Å²) in [5, 5.41) is 6.93. The summed E-state index contributed by atoms with van der Waals surface area (Å²) in [5.41, 5.74) is 2.42. The van der Waals surface area contributed by atoms with Crippen LogP contribution in [0.3, 0.4) is 0 Å². The summed E-state index contributed by atoms with van der Waals surface area (Å²) in [6.07, 6.45) is 0.203. The molecule has 43 heavy (non-hydrogen) atoms. The predicted molar refractivity (Wildman–Crippen MR) is 179 cm³/mol. The second-order valence-corrected chi connectivity index (χ2v) is 20.8. The summed E-state index contributed by atoms with van der Waals surface area (Å²) in [6.45, 7) is 20.5. The fraction of sp³-hybridized carbons (Fsp3) is 0.588. The minimum absolute atomic E-state index is 0.00324. The van der Waals surface area contributed by atoms with Crippen LogP contribution < -0.4 is 15.5 Å². The summed E-state index contributed by atoms with van der Waals surface area (Å²) in [4.78, 5) is 30.4. The first kappa shape index (κ1) is 32.0. The Morgan fingerprint density at radius 2 is 1.70 bits per heavy atom. The minimum atomic E-state index is -2.20. The zero-order chi connectivity index (χ0) is 31.5. The maximum absolute atomic E-state index is 14.4. The Balaban J connectivity index is 1.75. The Morgan fingerprint density at radius 3 is 2.28 bits per heavy atom. The van der Waals surface area contributed by atoms with Gasteiger partial charge >= 0.3 is 6.09 Å². The summed E-state index contributed by atoms with van der Waals surface area (Å²) in [7, 11) is -2.20. The third-order valence-electron chi connectivity index (χ3n) is 10.2. The van der Waals surface area contributed by atoms with Crippen LogP contribution in [0.15, 0.2) is 46.9 Å². The molecule has 5 rings (SSSR count). The fourth-order valence-electron chi connectivity index (χ4n) is 8.81. The van der Waals surface area contributed by atoms with Crippen molar-refractivity contribution in [3.05, 3.63) is 58.1 Å². The summed E-state index contributed by atoms with van der Waals surface area (Å²) in [6, 6.07) is 14.2. The number of rotatable bonds is 7. The molecular formula is C34H48BrN3O4Si. The second-order valence-electron chi connectivity index (χ2n) is 14.4. The lowest BCUT2D eigenvalue weighted by molar-refractivity contribution is -0.127. The van der Waals surface area contributed by atoms with Crippen LogP contribution in [0.5, 0.6) is 0 Å². The Hall–Kier alpha value is -2.36. The van der Waals surface area contributed by atoms with Crippen LogP contribution in [-0.4, -0.2) is 45.2 Å². The number of benzene rings is 2. The van der Waals surface area contributed by atoms with Crippen LogP contribution in [0.25, 0.3) is 0 Å². The zero-order valence-electron chi connectivity index (χ0n) is 27.1. The highest BCUT2D eigenvalue weighted by atomic mass is 79.9. The number of halogens is 1. The van der Waals surface area contributed by atoms with Crippen LogP contribution in [0.4, 0.5) is 16.2 Å². The molecular weight excluding hydrogens is 622 g/mol. The first-order valence-corrected chi connectivity index (χ1v) is 18.7. The molecule has 0 bridgehead atoms. The van der Waals surface area contributed by atoms with Gasteiger partial charge in [0, 0.05) is 23.3 Å². The van der Waals surface area contributed by atoms with Gasteiger partial charge in [-0.25, -0.2) is 4.79 Å². The molecule has 2 aromatic rings. The van der Waals surface area contributed by atoms with Crippen LogP contribution in [0.2, 0.25) is 16.6 Å².